The molecule has 0 bridgehead atoms. The summed E-state index contributed by atoms with van der Waals surface area (Å²) in [5, 5.41) is 18.0. The Labute approximate surface area is 256 Å². The molecule has 0 aliphatic carbocycles. The van der Waals surface area contributed by atoms with Gasteiger partial charge in [-0.2, -0.15) is 0 Å². The van der Waals surface area contributed by atoms with Crippen LogP contribution in [0.2, 0.25) is 0 Å². The van der Waals surface area contributed by atoms with E-state index in [0.717, 1.165) is 11.1 Å². The molecule has 0 saturated carbocycles. The summed E-state index contributed by atoms with van der Waals surface area (Å²) >= 11 is 0. The van der Waals surface area contributed by atoms with Crippen molar-refractivity contribution in [1.82, 2.24) is 0 Å². The molecule has 0 aliphatic rings. The van der Waals surface area contributed by atoms with E-state index in [4.69, 9.17) is 19.7 Å². The summed E-state index contributed by atoms with van der Waals surface area (Å²) in [4.78, 5) is 23.8. The molecule has 0 fully saturated rings. The summed E-state index contributed by atoms with van der Waals surface area (Å²) in [5.41, 5.74) is 3.66. The van der Waals surface area contributed by atoms with Crippen molar-refractivity contribution in [2.75, 3.05) is 13.2 Å². The topological polar surface area (TPSA) is 93.1 Å². The van der Waals surface area contributed by atoms with E-state index in [-0.39, 0.29) is 24.8 Å². The third-order valence-corrected chi connectivity index (χ3v) is 6.90. The van der Waals surface area contributed by atoms with Gasteiger partial charge in [0.2, 0.25) is 0 Å². The minimum atomic E-state index is -0.714. The van der Waals surface area contributed by atoms with Crippen molar-refractivity contribution in [1.29, 1.82) is 0 Å². The van der Waals surface area contributed by atoms with Crippen molar-refractivity contribution in [3.63, 3.8) is 0 Å². The number of hydrogen-bond acceptors (Lipinski definition) is 6. The second-order valence-corrected chi connectivity index (χ2v) is 10.6. The molecule has 6 nitrogen and oxygen atoms in total. The molecule has 0 spiro atoms. The maximum absolute atomic E-state index is 14.3. The Morgan fingerprint density at radius 3 is 1.50 bits per heavy atom. The quantitative estimate of drug-likeness (QED) is 0.189. The van der Waals surface area contributed by atoms with Crippen LogP contribution in [0.15, 0.2) is 97.1 Å². The van der Waals surface area contributed by atoms with Gasteiger partial charge in [0.05, 0.1) is 24.5 Å². The fraction of sp³-hybridized carbons (Fsp3) is 0.278. The van der Waals surface area contributed by atoms with Gasteiger partial charge in [-0.05, 0) is 62.1 Å². The summed E-state index contributed by atoms with van der Waals surface area (Å²) in [6.07, 6.45) is -1.28. The van der Waals surface area contributed by atoms with Gasteiger partial charge in [0, 0.05) is 11.1 Å². The van der Waals surface area contributed by atoms with Gasteiger partial charge in [0.25, 0.3) is 0 Å². The highest BCUT2D eigenvalue weighted by Crippen LogP contribution is 2.28. The summed E-state index contributed by atoms with van der Waals surface area (Å²) in [6, 6.07) is 27.9. The predicted molar refractivity (Wildman–Crippen MR) is 166 cm³/mol. The number of ether oxygens (including phenoxy) is 2. The van der Waals surface area contributed by atoms with E-state index in [1.165, 1.54) is 19.1 Å². The number of halogens is 2. The molecule has 0 saturated heterocycles. The first kappa shape index (κ1) is 34.1. The number of hydrogen-bond donors (Lipinski definition) is 2. The SMILES string of the molecule is CC(CO)OC(=O)C(C)c1ccc(-c2ccccc2)c(F)c1.CC(O)COC(=O)C(C)c1ccc(-c2ccccc2)c(F)c1. The van der Waals surface area contributed by atoms with Crippen LogP contribution >= 0.6 is 0 Å². The van der Waals surface area contributed by atoms with Crippen LogP contribution in [0.1, 0.15) is 50.7 Å². The first-order chi connectivity index (χ1) is 21.0. The number of aliphatic hydroxyl groups is 2. The molecule has 0 amide bonds. The number of esters is 2. The average Bonchev–Trinajstić information content (AvgIpc) is 3.03. The Balaban J connectivity index is 0.000000240. The second kappa shape index (κ2) is 16.4. The molecule has 4 atom stereocenters. The fourth-order valence-corrected chi connectivity index (χ4v) is 4.24. The first-order valence-electron chi connectivity index (χ1n) is 14.4. The van der Waals surface area contributed by atoms with Gasteiger partial charge in [0.1, 0.15) is 24.3 Å². The summed E-state index contributed by atoms with van der Waals surface area (Å²) in [5.74, 6) is -2.88. The lowest BCUT2D eigenvalue weighted by atomic mass is 9.97. The van der Waals surface area contributed by atoms with Gasteiger partial charge in [-0.3, -0.25) is 9.59 Å². The van der Waals surface area contributed by atoms with E-state index >= 15 is 0 Å². The van der Waals surface area contributed by atoms with E-state index in [2.05, 4.69) is 0 Å². The van der Waals surface area contributed by atoms with Crippen molar-refractivity contribution in [2.45, 2.75) is 51.7 Å². The first-order valence-corrected chi connectivity index (χ1v) is 14.4. The minimum absolute atomic E-state index is 0.0618. The molecule has 0 heterocycles. The Morgan fingerprint density at radius 1 is 0.682 bits per heavy atom. The second-order valence-electron chi connectivity index (χ2n) is 10.6. The highest BCUT2D eigenvalue weighted by molar-refractivity contribution is 5.79. The van der Waals surface area contributed by atoms with Crippen LogP contribution in [0.3, 0.4) is 0 Å². The van der Waals surface area contributed by atoms with Gasteiger partial charge >= 0.3 is 11.9 Å². The average molecular weight is 605 g/mol. The molecule has 4 aromatic rings. The van der Waals surface area contributed by atoms with Crippen molar-refractivity contribution < 1.29 is 38.1 Å². The molecule has 0 aromatic heterocycles. The molecule has 4 aromatic carbocycles. The van der Waals surface area contributed by atoms with Gasteiger partial charge in [-0.25, -0.2) is 8.78 Å². The Hall–Kier alpha value is -4.40. The molecule has 0 radical (unpaired) electrons. The van der Waals surface area contributed by atoms with Crippen molar-refractivity contribution in [3.05, 3.63) is 120 Å². The normalized spacial score (nSPS) is 13.5. The number of carbonyl (C=O) groups is 2. The summed E-state index contributed by atoms with van der Waals surface area (Å²) < 4.78 is 38.6. The standard InChI is InChI=1S/2C18H19FO3/c1-12(20)11-22-18(21)13(2)15-8-9-16(17(19)10-15)14-6-4-3-5-7-14;1-12(11-20)22-18(21)13(2)15-8-9-16(17(19)10-15)14-6-4-3-5-7-14/h2*3-10,12-13,20H,11H2,1-2H3. The van der Waals surface area contributed by atoms with E-state index < -0.39 is 36.0 Å². The third kappa shape index (κ3) is 9.56. The Bertz CT molecular complexity index is 1510. The van der Waals surface area contributed by atoms with Gasteiger partial charge in [-0.1, -0.05) is 84.9 Å². The zero-order valence-corrected chi connectivity index (χ0v) is 25.2. The number of benzene rings is 4. The molecule has 4 unspecified atom stereocenters. The van der Waals surface area contributed by atoms with E-state index in [1.54, 1.807) is 45.0 Å². The summed E-state index contributed by atoms with van der Waals surface area (Å²) in [7, 11) is 0. The Morgan fingerprint density at radius 2 is 1.11 bits per heavy atom. The largest absolute Gasteiger partial charge is 0.462 e. The van der Waals surface area contributed by atoms with E-state index in [0.29, 0.717) is 22.3 Å². The zero-order chi connectivity index (χ0) is 32.2. The number of rotatable bonds is 10. The maximum Gasteiger partial charge on any atom is 0.313 e. The van der Waals surface area contributed by atoms with E-state index in [1.807, 2.05) is 60.7 Å². The lowest BCUT2D eigenvalue weighted by molar-refractivity contribution is -0.151. The van der Waals surface area contributed by atoms with Crippen LogP contribution in [-0.4, -0.2) is 47.6 Å². The molecular formula is C36H38F2O6. The lowest BCUT2D eigenvalue weighted by Gasteiger charge is -2.16. The summed E-state index contributed by atoms with van der Waals surface area (Å²) in [6.45, 7) is 6.15. The van der Waals surface area contributed by atoms with Crippen LogP contribution in [0.4, 0.5) is 8.78 Å². The third-order valence-electron chi connectivity index (χ3n) is 6.90. The van der Waals surface area contributed by atoms with Crippen LogP contribution in [0, 0.1) is 11.6 Å². The van der Waals surface area contributed by atoms with Gasteiger partial charge in [0.15, 0.2) is 0 Å². The molecule has 44 heavy (non-hydrogen) atoms. The van der Waals surface area contributed by atoms with Gasteiger partial charge in [-0.15, -0.1) is 0 Å². The van der Waals surface area contributed by atoms with Gasteiger partial charge < -0.3 is 19.7 Å². The van der Waals surface area contributed by atoms with Crippen LogP contribution in [0.5, 0.6) is 0 Å². The zero-order valence-electron chi connectivity index (χ0n) is 25.2. The van der Waals surface area contributed by atoms with Crippen molar-refractivity contribution in [2.24, 2.45) is 0 Å². The predicted octanol–water partition coefficient (Wildman–Crippen LogP) is 7.04. The molecule has 8 heteroatoms. The minimum Gasteiger partial charge on any atom is -0.462 e. The number of carbonyl (C=O) groups excluding carboxylic acids is 2. The maximum atomic E-state index is 14.3. The van der Waals surface area contributed by atoms with Crippen molar-refractivity contribution in [3.8, 4) is 22.3 Å². The van der Waals surface area contributed by atoms with Crippen LogP contribution in [-0.2, 0) is 19.1 Å². The molecule has 4 rings (SSSR count). The smallest absolute Gasteiger partial charge is 0.313 e. The fourth-order valence-electron chi connectivity index (χ4n) is 4.24. The monoisotopic (exact) mass is 604 g/mol. The highest BCUT2D eigenvalue weighted by atomic mass is 19.1. The molecule has 2 N–H and O–H groups in total. The molecule has 0 aliphatic heterocycles. The number of aliphatic hydroxyl groups excluding tert-OH is 2. The van der Waals surface area contributed by atoms with Crippen LogP contribution < -0.4 is 0 Å². The van der Waals surface area contributed by atoms with Crippen LogP contribution in [0.25, 0.3) is 22.3 Å². The van der Waals surface area contributed by atoms with Crippen molar-refractivity contribution >= 4 is 11.9 Å². The molecular weight excluding hydrogens is 566 g/mol. The molecule has 232 valence electrons. The highest BCUT2D eigenvalue weighted by Gasteiger charge is 2.21. The lowest BCUT2D eigenvalue weighted by Crippen LogP contribution is -2.22. The Kier molecular flexibility index (Phi) is 12.7. The van der Waals surface area contributed by atoms with E-state index in [9.17, 15) is 18.4 Å².